The normalized spacial score (nSPS) is 14.1. The van der Waals surface area contributed by atoms with Crippen LogP contribution in [0.5, 0.6) is 0 Å². The highest BCUT2D eigenvalue weighted by atomic mass is 32.2. The molecule has 0 spiro atoms. The van der Waals surface area contributed by atoms with Crippen LogP contribution in [-0.4, -0.2) is 25.4 Å². The van der Waals surface area contributed by atoms with Gasteiger partial charge in [-0.2, -0.15) is 0 Å². The smallest absolute Gasteiger partial charge is 0.408 e. The molecule has 134 valence electrons. The standard InChI is InChI=1S/C17H15N3O5S/c1-20-14-9-12(4-5-15(14)25-17(20)22)26(23,24)19-11-3-2-10-6-7-18-16(21)13(10)8-11/h2-5,8-9,19H,6-7H2,1H3,(H,18,21). The van der Waals surface area contributed by atoms with Gasteiger partial charge in [0.15, 0.2) is 5.58 Å². The first kappa shape index (κ1) is 16.4. The molecule has 1 aromatic heterocycles. The lowest BCUT2D eigenvalue weighted by molar-refractivity contribution is 0.0946. The van der Waals surface area contributed by atoms with E-state index in [-0.39, 0.29) is 10.8 Å². The van der Waals surface area contributed by atoms with Crippen LogP contribution in [0, 0.1) is 0 Å². The van der Waals surface area contributed by atoms with Crippen molar-refractivity contribution in [3.05, 3.63) is 58.1 Å². The van der Waals surface area contributed by atoms with Crippen molar-refractivity contribution in [2.45, 2.75) is 11.3 Å². The van der Waals surface area contributed by atoms with Gasteiger partial charge in [0, 0.05) is 24.8 Å². The van der Waals surface area contributed by atoms with E-state index < -0.39 is 15.8 Å². The van der Waals surface area contributed by atoms with Gasteiger partial charge in [-0.15, -0.1) is 0 Å². The first-order chi connectivity index (χ1) is 12.3. The van der Waals surface area contributed by atoms with Crippen LogP contribution in [0.4, 0.5) is 5.69 Å². The Labute approximate surface area is 148 Å². The Kier molecular flexibility index (Phi) is 3.62. The Balaban J connectivity index is 1.71. The SMILES string of the molecule is Cn1c(=O)oc2ccc(S(=O)(=O)Nc3ccc4c(c3)C(=O)NCC4)cc21. The number of anilines is 1. The summed E-state index contributed by atoms with van der Waals surface area (Å²) in [6.45, 7) is 0.570. The number of nitrogens with one attached hydrogen (secondary N) is 2. The van der Waals surface area contributed by atoms with Crippen LogP contribution in [0.15, 0.2) is 50.5 Å². The van der Waals surface area contributed by atoms with Crippen LogP contribution >= 0.6 is 0 Å². The predicted molar refractivity (Wildman–Crippen MR) is 94.7 cm³/mol. The van der Waals surface area contributed by atoms with Crippen molar-refractivity contribution in [1.82, 2.24) is 9.88 Å². The summed E-state index contributed by atoms with van der Waals surface area (Å²) in [5.74, 6) is -0.787. The molecule has 0 saturated heterocycles. The molecule has 0 unspecified atom stereocenters. The second kappa shape index (κ2) is 5.73. The molecule has 0 radical (unpaired) electrons. The summed E-state index contributed by atoms with van der Waals surface area (Å²) < 4.78 is 34.1. The topological polar surface area (TPSA) is 110 Å². The monoisotopic (exact) mass is 373 g/mol. The quantitative estimate of drug-likeness (QED) is 0.717. The summed E-state index contributed by atoms with van der Waals surface area (Å²) in [5, 5.41) is 2.73. The zero-order chi connectivity index (χ0) is 18.5. The minimum absolute atomic E-state index is 0.0106. The predicted octanol–water partition coefficient (Wildman–Crippen LogP) is 1.22. The van der Waals surface area contributed by atoms with Gasteiger partial charge in [-0.3, -0.25) is 14.1 Å². The Bertz CT molecular complexity index is 1210. The number of benzene rings is 2. The molecular formula is C17H15N3O5S. The van der Waals surface area contributed by atoms with Crippen molar-refractivity contribution in [2.75, 3.05) is 11.3 Å². The van der Waals surface area contributed by atoms with Gasteiger partial charge >= 0.3 is 5.76 Å². The van der Waals surface area contributed by atoms with Gasteiger partial charge in [0.1, 0.15) is 0 Å². The fourth-order valence-corrected chi connectivity index (χ4v) is 4.03. The number of sulfonamides is 1. The lowest BCUT2D eigenvalue weighted by Crippen LogP contribution is -2.31. The van der Waals surface area contributed by atoms with Crippen LogP contribution in [0.2, 0.25) is 0 Å². The number of carbonyl (C=O) groups excluding carboxylic acids is 1. The van der Waals surface area contributed by atoms with Crippen molar-refractivity contribution in [1.29, 1.82) is 0 Å². The summed E-state index contributed by atoms with van der Waals surface area (Å²) in [7, 11) is -2.39. The molecule has 26 heavy (non-hydrogen) atoms. The van der Waals surface area contributed by atoms with Crippen LogP contribution in [0.25, 0.3) is 11.1 Å². The number of rotatable bonds is 3. The van der Waals surface area contributed by atoms with Gasteiger partial charge < -0.3 is 9.73 Å². The van der Waals surface area contributed by atoms with Crippen LogP contribution in [0.1, 0.15) is 15.9 Å². The van der Waals surface area contributed by atoms with Gasteiger partial charge in [-0.25, -0.2) is 13.2 Å². The van der Waals surface area contributed by atoms with E-state index in [1.54, 1.807) is 12.1 Å². The third kappa shape index (κ3) is 2.66. The van der Waals surface area contributed by atoms with E-state index in [9.17, 15) is 18.0 Å². The van der Waals surface area contributed by atoms with Gasteiger partial charge in [0.05, 0.1) is 10.4 Å². The number of nitrogens with zero attached hydrogens (tertiary/aromatic N) is 1. The molecule has 0 fully saturated rings. The van der Waals surface area contributed by atoms with Gasteiger partial charge in [0.25, 0.3) is 15.9 Å². The Morgan fingerprint density at radius 3 is 2.77 bits per heavy atom. The van der Waals surface area contributed by atoms with E-state index in [1.807, 2.05) is 0 Å². The first-order valence-electron chi connectivity index (χ1n) is 7.89. The van der Waals surface area contributed by atoms with E-state index >= 15 is 0 Å². The highest BCUT2D eigenvalue weighted by Gasteiger charge is 2.20. The molecule has 2 heterocycles. The molecule has 1 aliphatic heterocycles. The fraction of sp³-hybridized carbons (Fsp3) is 0.176. The third-order valence-electron chi connectivity index (χ3n) is 4.36. The number of aryl methyl sites for hydroxylation is 1. The Morgan fingerprint density at radius 2 is 1.96 bits per heavy atom. The third-order valence-corrected chi connectivity index (χ3v) is 5.74. The van der Waals surface area contributed by atoms with Gasteiger partial charge in [-0.1, -0.05) is 6.07 Å². The molecular weight excluding hydrogens is 358 g/mol. The van der Waals surface area contributed by atoms with Crippen molar-refractivity contribution < 1.29 is 17.6 Å². The molecule has 1 amide bonds. The van der Waals surface area contributed by atoms with E-state index in [4.69, 9.17) is 4.42 Å². The number of aromatic nitrogens is 1. The fourth-order valence-electron chi connectivity index (χ4n) is 2.96. The molecule has 2 N–H and O–H groups in total. The zero-order valence-corrected chi connectivity index (χ0v) is 14.6. The number of hydrogen-bond acceptors (Lipinski definition) is 5. The van der Waals surface area contributed by atoms with Crippen molar-refractivity contribution in [2.24, 2.45) is 7.05 Å². The molecule has 8 nitrogen and oxygen atoms in total. The van der Waals surface area contributed by atoms with E-state index in [0.29, 0.717) is 35.3 Å². The van der Waals surface area contributed by atoms with E-state index in [2.05, 4.69) is 10.0 Å². The second-order valence-corrected chi connectivity index (χ2v) is 7.72. The molecule has 3 aromatic rings. The molecule has 0 saturated carbocycles. The van der Waals surface area contributed by atoms with Crippen LogP contribution < -0.4 is 15.8 Å². The molecule has 4 rings (SSSR count). The Hall–Kier alpha value is -3.07. The molecule has 9 heteroatoms. The molecule has 0 bridgehead atoms. The maximum absolute atomic E-state index is 12.7. The minimum Gasteiger partial charge on any atom is -0.408 e. The average molecular weight is 373 g/mol. The maximum atomic E-state index is 12.7. The summed E-state index contributed by atoms with van der Waals surface area (Å²) in [5.41, 5.74) is 2.32. The number of hydrogen-bond donors (Lipinski definition) is 2. The number of carbonyl (C=O) groups is 1. The minimum atomic E-state index is -3.90. The number of oxazole rings is 1. The zero-order valence-electron chi connectivity index (χ0n) is 13.8. The van der Waals surface area contributed by atoms with Crippen molar-refractivity contribution in [3.63, 3.8) is 0 Å². The summed E-state index contributed by atoms with van der Waals surface area (Å²) in [4.78, 5) is 23.5. The highest BCUT2D eigenvalue weighted by Crippen LogP contribution is 2.23. The van der Waals surface area contributed by atoms with Gasteiger partial charge in [-0.05, 0) is 42.3 Å². The van der Waals surface area contributed by atoms with Crippen LogP contribution in [-0.2, 0) is 23.5 Å². The highest BCUT2D eigenvalue weighted by molar-refractivity contribution is 7.92. The summed E-state index contributed by atoms with van der Waals surface area (Å²) in [6.07, 6.45) is 0.708. The number of amides is 1. The Morgan fingerprint density at radius 1 is 1.15 bits per heavy atom. The largest absolute Gasteiger partial charge is 0.419 e. The summed E-state index contributed by atoms with van der Waals surface area (Å²) >= 11 is 0. The average Bonchev–Trinajstić information content (AvgIpc) is 2.89. The molecule has 1 aliphatic rings. The van der Waals surface area contributed by atoms with E-state index in [1.165, 1.54) is 35.9 Å². The lowest BCUT2D eigenvalue weighted by Gasteiger charge is -2.17. The molecule has 0 atom stereocenters. The van der Waals surface area contributed by atoms with Crippen LogP contribution in [0.3, 0.4) is 0 Å². The molecule has 2 aromatic carbocycles. The van der Waals surface area contributed by atoms with Crippen molar-refractivity contribution >= 4 is 32.7 Å². The summed E-state index contributed by atoms with van der Waals surface area (Å²) in [6, 6.07) is 9.06. The van der Waals surface area contributed by atoms with Gasteiger partial charge in [0.2, 0.25) is 0 Å². The maximum Gasteiger partial charge on any atom is 0.419 e. The first-order valence-corrected chi connectivity index (χ1v) is 9.37. The second-order valence-electron chi connectivity index (χ2n) is 6.04. The lowest BCUT2D eigenvalue weighted by atomic mass is 10.00. The molecule has 0 aliphatic carbocycles. The van der Waals surface area contributed by atoms with Crippen molar-refractivity contribution in [3.8, 4) is 0 Å². The van der Waals surface area contributed by atoms with E-state index in [0.717, 1.165) is 5.56 Å². The number of fused-ring (bicyclic) bond motifs is 2.